The van der Waals surface area contributed by atoms with Gasteiger partial charge in [-0.3, -0.25) is 4.79 Å². The summed E-state index contributed by atoms with van der Waals surface area (Å²) in [4.78, 5) is 12.6. The second-order valence-electron chi connectivity index (χ2n) is 14.3. The minimum atomic E-state index is -1.10. The smallest absolute Gasteiger partial charge is 0.217 e. The fourth-order valence-corrected chi connectivity index (χ4v) is 7.70. The summed E-state index contributed by atoms with van der Waals surface area (Å²) in [5, 5.41) is 15.3. The molecule has 4 aromatic rings. The van der Waals surface area contributed by atoms with Crippen molar-refractivity contribution in [2.75, 3.05) is 20.3 Å². The van der Waals surface area contributed by atoms with Crippen LogP contribution >= 0.6 is 0 Å². The Labute approximate surface area is 322 Å². The van der Waals surface area contributed by atoms with Crippen molar-refractivity contribution in [1.82, 2.24) is 5.32 Å². The number of hydrogen-bond donors (Lipinski definition) is 2. The maximum atomic E-state index is 12.6. The molecule has 2 aliphatic heterocycles. The van der Waals surface area contributed by atoms with Gasteiger partial charge in [-0.05, 0) is 23.1 Å². The summed E-state index contributed by atoms with van der Waals surface area (Å²) in [7, 11) is 1.53. The van der Waals surface area contributed by atoms with Gasteiger partial charge < -0.3 is 48.3 Å². The Morgan fingerprint density at radius 3 is 1.89 bits per heavy atom. The molecule has 0 unspecified atom stereocenters. The van der Waals surface area contributed by atoms with Crippen LogP contribution in [-0.4, -0.2) is 86.4 Å². The molecule has 1 aliphatic carbocycles. The number of fused-ring (bicyclic) bond motifs is 1. The van der Waals surface area contributed by atoms with E-state index in [1.165, 1.54) is 14.0 Å². The zero-order valence-corrected chi connectivity index (χ0v) is 31.3. The van der Waals surface area contributed by atoms with Crippen LogP contribution in [0, 0.1) is 5.92 Å². The van der Waals surface area contributed by atoms with Gasteiger partial charge in [-0.25, -0.2) is 0 Å². The minimum absolute atomic E-state index is 0.130. The predicted molar refractivity (Wildman–Crippen MR) is 202 cm³/mol. The molecule has 11 nitrogen and oxygen atoms in total. The number of aliphatic hydroxyl groups is 1. The maximum Gasteiger partial charge on any atom is 0.217 e. The largest absolute Gasteiger partial charge is 0.388 e. The lowest BCUT2D eigenvalue weighted by molar-refractivity contribution is -0.324. The van der Waals surface area contributed by atoms with E-state index in [1.54, 1.807) is 0 Å². The van der Waals surface area contributed by atoms with Crippen molar-refractivity contribution in [1.29, 1.82) is 0 Å². The molecular formula is C44H51NO10. The molecule has 0 radical (unpaired) electrons. The zero-order valence-electron chi connectivity index (χ0n) is 31.3. The topological polar surface area (TPSA) is 123 Å². The first-order valence-electron chi connectivity index (χ1n) is 19.0. The van der Waals surface area contributed by atoms with Crippen LogP contribution in [0.5, 0.6) is 0 Å². The first-order chi connectivity index (χ1) is 27.0. The number of carbonyl (C=O) groups is 1. The van der Waals surface area contributed by atoms with Crippen molar-refractivity contribution in [3.8, 4) is 0 Å². The molecule has 3 fully saturated rings. The average Bonchev–Trinajstić information content (AvgIpc) is 3.22. The summed E-state index contributed by atoms with van der Waals surface area (Å²) in [6.45, 7) is 2.80. The highest BCUT2D eigenvalue weighted by Gasteiger charge is 2.54. The number of methoxy groups -OCH3 is 1. The van der Waals surface area contributed by atoms with Gasteiger partial charge >= 0.3 is 0 Å². The van der Waals surface area contributed by atoms with E-state index in [1.807, 2.05) is 121 Å². The van der Waals surface area contributed by atoms with E-state index in [2.05, 4.69) is 5.32 Å². The van der Waals surface area contributed by atoms with Crippen molar-refractivity contribution < 1.29 is 47.8 Å². The third-order valence-corrected chi connectivity index (χ3v) is 10.4. The lowest BCUT2D eigenvalue weighted by Gasteiger charge is -2.51. The third-order valence-electron chi connectivity index (χ3n) is 10.4. The molecule has 3 aliphatic rings. The Bertz CT molecular complexity index is 1730. The summed E-state index contributed by atoms with van der Waals surface area (Å²) < 4.78 is 51.8. The van der Waals surface area contributed by atoms with Crippen LogP contribution in [0.25, 0.3) is 0 Å². The molecule has 0 bridgehead atoms. The Morgan fingerprint density at radius 1 is 0.745 bits per heavy atom. The van der Waals surface area contributed by atoms with E-state index >= 15 is 0 Å². The van der Waals surface area contributed by atoms with Crippen LogP contribution in [0.3, 0.4) is 0 Å². The Hall–Kier alpha value is -4.01. The summed E-state index contributed by atoms with van der Waals surface area (Å²) in [6, 6.07) is 38.5. The second kappa shape index (κ2) is 19.2. The van der Waals surface area contributed by atoms with E-state index in [0.29, 0.717) is 19.6 Å². The third kappa shape index (κ3) is 10.1. The molecule has 2 saturated heterocycles. The van der Waals surface area contributed by atoms with Gasteiger partial charge in [-0.1, -0.05) is 121 Å². The second-order valence-corrected chi connectivity index (χ2v) is 14.3. The van der Waals surface area contributed by atoms with Gasteiger partial charge in [-0.2, -0.15) is 0 Å². The maximum absolute atomic E-state index is 12.6. The lowest BCUT2D eigenvalue weighted by atomic mass is 9.79. The van der Waals surface area contributed by atoms with Crippen LogP contribution in [-0.2, 0) is 62.5 Å². The van der Waals surface area contributed by atoms with Crippen molar-refractivity contribution in [2.24, 2.45) is 5.92 Å². The SMILES string of the molecule is CO[C@@H]1O[C@H](COCc2ccccc2)[C@@H](O[C@H]2C[C@@H]3CO[C@@H](c4ccccc4)O[C@H]3[C@H](OCc3ccccc3)[C@@H]2O)[C@H](OCc2ccccc2)[C@H]1NC(C)=O. The van der Waals surface area contributed by atoms with E-state index in [4.69, 9.17) is 37.9 Å². The fraction of sp³-hybridized carbons (Fsp3) is 0.432. The van der Waals surface area contributed by atoms with Crippen LogP contribution in [0.15, 0.2) is 121 Å². The Balaban J connectivity index is 1.18. The monoisotopic (exact) mass is 753 g/mol. The summed E-state index contributed by atoms with van der Waals surface area (Å²) in [5.74, 6) is -0.436. The summed E-state index contributed by atoms with van der Waals surface area (Å²) in [6.07, 6.45) is -6.39. The first-order valence-corrected chi connectivity index (χ1v) is 19.0. The molecule has 0 spiro atoms. The first kappa shape index (κ1) is 39.2. The number of carbonyl (C=O) groups excluding carboxylic acids is 1. The molecule has 2 N–H and O–H groups in total. The number of rotatable bonds is 15. The molecule has 11 heteroatoms. The van der Waals surface area contributed by atoms with Gasteiger partial charge in [0.15, 0.2) is 12.6 Å². The van der Waals surface area contributed by atoms with Crippen molar-refractivity contribution in [3.05, 3.63) is 144 Å². The number of hydrogen-bond acceptors (Lipinski definition) is 10. The molecule has 1 saturated carbocycles. The minimum Gasteiger partial charge on any atom is -0.388 e. The van der Waals surface area contributed by atoms with Gasteiger partial charge in [0.2, 0.25) is 5.91 Å². The molecule has 55 heavy (non-hydrogen) atoms. The zero-order chi connectivity index (χ0) is 38.0. The molecule has 11 atom stereocenters. The van der Waals surface area contributed by atoms with Crippen LogP contribution < -0.4 is 5.32 Å². The van der Waals surface area contributed by atoms with Crippen molar-refractivity contribution >= 4 is 5.91 Å². The molecule has 0 aromatic heterocycles. The predicted octanol–water partition coefficient (Wildman–Crippen LogP) is 5.50. The van der Waals surface area contributed by atoms with Crippen LogP contribution in [0.1, 0.15) is 41.9 Å². The van der Waals surface area contributed by atoms with Gasteiger partial charge in [0, 0.05) is 25.5 Å². The van der Waals surface area contributed by atoms with Crippen molar-refractivity contribution in [3.63, 3.8) is 0 Å². The average molecular weight is 754 g/mol. The molecule has 7 rings (SSSR count). The van der Waals surface area contributed by atoms with Crippen LogP contribution in [0.2, 0.25) is 0 Å². The van der Waals surface area contributed by atoms with Gasteiger partial charge in [0.1, 0.15) is 36.6 Å². The van der Waals surface area contributed by atoms with Crippen LogP contribution in [0.4, 0.5) is 0 Å². The van der Waals surface area contributed by atoms with E-state index in [9.17, 15) is 9.90 Å². The quantitative estimate of drug-likeness (QED) is 0.161. The highest BCUT2D eigenvalue weighted by molar-refractivity contribution is 5.73. The number of nitrogens with one attached hydrogen (secondary N) is 1. The highest BCUT2D eigenvalue weighted by atomic mass is 16.7. The molecule has 2 heterocycles. The number of amides is 1. The molecule has 292 valence electrons. The fourth-order valence-electron chi connectivity index (χ4n) is 7.70. The molecular weight excluding hydrogens is 702 g/mol. The van der Waals surface area contributed by atoms with E-state index in [-0.39, 0.29) is 31.6 Å². The number of aliphatic hydroxyl groups excluding tert-OH is 1. The van der Waals surface area contributed by atoms with E-state index < -0.39 is 61.3 Å². The van der Waals surface area contributed by atoms with Gasteiger partial charge in [-0.15, -0.1) is 0 Å². The number of ether oxygens (including phenoxy) is 8. The summed E-state index contributed by atoms with van der Waals surface area (Å²) >= 11 is 0. The van der Waals surface area contributed by atoms with Gasteiger partial charge in [0.25, 0.3) is 0 Å². The lowest BCUT2D eigenvalue weighted by Crippen LogP contribution is -2.67. The molecule has 4 aromatic carbocycles. The number of benzene rings is 4. The highest BCUT2D eigenvalue weighted by Crippen LogP contribution is 2.41. The molecule has 1 amide bonds. The standard InChI is InChI=1S/C44H51NO10/c1-29(46)45-37-41(50-25-31-17-9-4-10-18-31)40(36(54-44(37)48-2)28-49-24-30-15-7-3-8-16-30)53-35-23-34-27-52-43(33-21-13-6-14-22-33)55-39(34)42(38(35)47)51-26-32-19-11-5-12-20-32/h3-22,34-44,47H,23-28H2,1-2H3,(H,45,46)/t34-,35+,36-,37-,38-,39-,40-,41-,42-,43-,44-/m1/s1. The van der Waals surface area contributed by atoms with E-state index in [0.717, 1.165) is 22.3 Å². The Kier molecular flexibility index (Phi) is 13.7. The normalized spacial score (nSPS) is 30.6. The van der Waals surface area contributed by atoms with Gasteiger partial charge in [0.05, 0.1) is 45.2 Å². The summed E-state index contributed by atoms with van der Waals surface area (Å²) in [5.41, 5.74) is 3.81. The Morgan fingerprint density at radius 2 is 1.31 bits per heavy atom. The van der Waals surface area contributed by atoms with Crippen molar-refractivity contribution in [2.45, 2.75) is 94.5 Å².